The average Bonchev–Trinajstić information content (AvgIpc) is 2.63. The fourth-order valence-corrected chi connectivity index (χ4v) is 2.74. The number of hydrogen-bond acceptors (Lipinski definition) is 3. The molecular weight excluding hydrogens is 196 g/mol. The van der Waals surface area contributed by atoms with E-state index >= 15 is 0 Å². The lowest BCUT2D eigenvalue weighted by Gasteiger charge is -2.40. The van der Waals surface area contributed by atoms with E-state index in [1.54, 1.807) is 0 Å². The van der Waals surface area contributed by atoms with Crippen molar-refractivity contribution in [1.29, 1.82) is 0 Å². The van der Waals surface area contributed by atoms with Crippen LogP contribution >= 0.6 is 12.2 Å². The Labute approximate surface area is 90.6 Å². The van der Waals surface area contributed by atoms with Crippen molar-refractivity contribution in [2.45, 2.75) is 44.4 Å². The lowest BCUT2D eigenvalue weighted by atomic mass is 10.1. The van der Waals surface area contributed by atoms with Gasteiger partial charge in [-0.1, -0.05) is 12.2 Å². The minimum absolute atomic E-state index is 0.222. The molecule has 3 unspecified atom stereocenters. The Kier molecular flexibility index (Phi) is 3.04. The van der Waals surface area contributed by atoms with Crippen LogP contribution in [0.15, 0.2) is 0 Å². The highest BCUT2D eigenvalue weighted by Crippen LogP contribution is 2.30. The average molecular weight is 214 g/mol. The number of fused-ring (bicyclic) bond motifs is 1. The predicted molar refractivity (Wildman–Crippen MR) is 60.3 cm³/mol. The predicted octanol–water partition coefficient (Wildman–Crippen LogP) is 0.914. The number of nitrogens with zero attached hydrogens (tertiary/aromatic N) is 1. The number of ether oxygens (including phenoxy) is 1. The van der Waals surface area contributed by atoms with E-state index in [1.165, 1.54) is 19.3 Å². The van der Waals surface area contributed by atoms with Crippen molar-refractivity contribution in [2.24, 2.45) is 5.73 Å². The first-order valence-corrected chi connectivity index (χ1v) is 5.77. The largest absolute Gasteiger partial charge is 0.392 e. The SMILES string of the molecule is CC(C(N)=S)N1CCOC2CCCC21. The fourth-order valence-electron chi connectivity index (χ4n) is 2.60. The van der Waals surface area contributed by atoms with Gasteiger partial charge in [0.25, 0.3) is 0 Å². The zero-order valence-corrected chi connectivity index (χ0v) is 9.43. The van der Waals surface area contributed by atoms with Gasteiger partial charge in [0.2, 0.25) is 0 Å². The van der Waals surface area contributed by atoms with Crippen molar-refractivity contribution < 1.29 is 4.74 Å². The van der Waals surface area contributed by atoms with Crippen LogP contribution in [0, 0.1) is 0 Å². The lowest BCUT2D eigenvalue weighted by Crippen LogP contribution is -2.55. The van der Waals surface area contributed by atoms with E-state index in [0.29, 0.717) is 17.1 Å². The first-order valence-electron chi connectivity index (χ1n) is 5.37. The van der Waals surface area contributed by atoms with Gasteiger partial charge in [0.05, 0.1) is 23.7 Å². The summed E-state index contributed by atoms with van der Waals surface area (Å²) in [4.78, 5) is 3.03. The van der Waals surface area contributed by atoms with Gasteiger partial charge in [-0.3, -0.25) is 4.90 Å². The van der Waals surface area contributed by atoms with E-state index in [4.69, 9.17) is 22.7 Å². The van der Waals surface area contributed by atoms with E-state index in [0.717, 1.165) is 13.2 Å². The molecule has 80 valence electrons. The molecule has 1 saturated carbocycles. The van der Waals surface area contributed by atoms with E-state index in [2.05, 4.69) is 11.8 Å². The van der Waals surface area contributed by atoms with Gasteiger partial charge in [-0.05, 0) is 26.2 Å². The number of thiocarbonyl (C=S) groups is 1. The maximum atomic E-state index is 5.74. The highest BCUT2D eigenvalue weighted by Gasteiger charge is 2.38. The molecule has 2 rings (SSSR count). The molecule has 1 saturated heterocycles. The highest BCUT2D eigenvalue weighted by atomic mass is 32.1. The highest BCUT2D eigenvalue weighted by molar-refractivity contribution is 7.80. The van der Waals surface area contributed by atoms with E-state index < -0.39 is 0 Å². The molecule has 3 atom stereocenters. The first-order chi connectivity index (χ1) is 6.70. The molecule has 1 heterocycles. The molecule has 2 fully saturated rings. The van der Waals surface area contributed by atoms with Crippen molar-refractivity contribution in [3.63, 3.8) is 0 Å². The Morgan fingerprint density at radius 2 is 2.36 bits per heavy atom. The van der Waals surface area contributed by atoms with Gasteiger partial charge in [0, 0.05) is 12.6 Å². The van der Waals surface area contributed by atoms with Crippen molar-refractivity contribution in [2.75, 3.05) is 13.2 Å². The van der Waals surface area contributed by atoms with Gasteiger partial charge in [0.15, 0.2) is 0 Å². The van der Waals surface area contributed by atoms with Crippen LogP contribution in [0.5, 0.6) is 0 Å². The molecule has 0 aromatic heterocycles. The van der Waals surface area contributed by atoms with Gasteiger partial charge in [0.1, 0.15) is 0 Å². The van der Waals surface area contributed by atoms with Crippen LogP contribution in [-0.2, 0) is 4.74 Å². The van der Waals surface area contributed by atoms with Crippen molar-refractivity contribution >= 4 is 17.2 Å². The normalized spacial score (nSPS) is 35.2. The summed E-state index contributed by atoms with van der Waals surface area (Å²) in [6.07, 6.45) is 4.14. The first kappa shape index (κ1) is 10.3. The topological polar surface area (TPSA) is 38.5 Å². The monoisotopic (exact) mass is 214 g/mol. The molecule has 0 bridgehead atoms. The van der Waals surface area contributed by atoms with Crippen LogP contribution in [0.3, 0.4) is 0 Å². The number of nitrogens with two attached hydrogens (primary N) is 1. The van der Waals surface area contributed by atoms with Crippen LogP contribution in [0.1, 0.15) is 26.2 Å². The molecule has 0 radical (unpaired) electrons. The summed E-state index contributed by atoms with van der Waals surface area (Å²) in [5, 5.41) is 0. The van der Waals surface area contributed by atoms with Gasteiger partial charge in [-0.25, -0.2) is 0 Å². The molecule has 0 aromatic carbocycles. The molecule has 14 heavy (non-hydrogen) atoms. The fraction of sp³-hybridized carbons (Fsp3) is 0.900. The minimum Gasteiger partial charge on any atom is -0.392 e. The van der Waals surface area contributed by atoms with Crippen molar-refractivity contribution in [3.05, 3.63) is 0 Å². The zero-order valence-electron chi connectivity index (χ0n) is 8.61. The second-order valence-corrected chi connectivity index (χ2v) is 4.70. The second kappa shape index (κ2) is 4.13. The third-order valence-corrected chi connectivity index (χ3v) is 3.78. The molecule has 1 aliphatic heterocycles. The summed E-state index contributed by atoms with van der Waals surface area (Å²) in [5.74, 6) is 0. The molecule has 2 aliphatic rings. The molecule has 3 nitrogen and oxygen atoms in total. The zero-order chi connectivity index (χ0) is 10.1. The summed E-state index contributed by atoms with van der Waals surface area (Å²) >= 11 is 5.05. The summed E-state index contributed by atoms with van der Waals surface area (Å²) in [7, 11) is 0. The van der Waals surface area contributed by atoms with Gasteiger partial charge < -0.3 is 10.5 Å². The van der Waals surface area contributed by atoms with E-state index in [-0.39, 0.29) is 6.04 Å². The molecule has 0 amide bonds. The lowest BCUT2D eigenvalue weighted by molar-refractivity contribution is -0.0603. The summed E-state index contributed by atoms with van der Waals surface area (Å²) < 4.78 is 5.74. The van der Waals surface area contributed by atoms with E-state index in [1.807, 2.05) is 0 Å². The summed E-state index contributed by atoms with van der Waals surface area (Å²) in [6, 6.07) is 0.778. The number of rotatable bonds is 2. The van der Waals surface area contributed by atoms with Crippen molar-refractivity contribution in [1.82, 2.24) is 4.90 Å². The van der Waals surface area contributed by atoms with Crippen molar-refractivity contribution in [3.8, 4) is 0 Å². The molecule has 0 spiro atoms. The summed E-state index contributed by atoms with van der Waals surface area (Å²) in [6.45, 7) is 3.90. The molecular formula is C10H18N2OS. The Morgan fingerprint density at radius 3 is 3.07 bits per heavy atom. The third-order valence-electron chi connectivity index (χ3n) is 3.43. The standard InChI is InChI=1S/C10H18N2OS/c1-7(10(11)14)12-5-6-13-9-4-2-3-8(9)12/h7-9H,2-6H2,1H3,(H2,11,14). The van der Waals surface area contributed by atoms with Crippen LogP contribution in [0.2, 0.25) is 0 Å². The van der Waals surface area contributed by atoms with Crippen LogP contribution < -0.4 is 5.73 Å². The Bertz CT molecular complexity index is 234. The van der Waals surface area contributed by atoms with E-state index in [9.17, 15) is 0 Å². The molecule has 0 aromatic rings. The smallest absolute Gasteiger partial charge is 0.0899 e. The molecule has 2 N–H and O–H groups in total. The van der Waals surface area contributed by atoms with Crippen LogP contribution in [0.4, 0.5) is 0 Å². The van der Waals surface area contributed by atoms with Gasteiger partial charge in [-0.2, -0.15) is 0 Å². The van der Waals surface area contributed by atoms with Gasteiger partial charge >= 0.3 is 0 Å². The Hall–Kier alpha value is -0.190. The third kappa shape index (κ3) is 1.78. The number of hydrogen-bond donors (Lipinski definition) is 1. The molecule has 4 heteroatoms. The summed E-state index contributed by atoms with van der Waals surface area (Å²) in [5.41, 5.74) is 5.70. The molecule has 1 aliphatic carbocycles. The maximum Gasteiger partial charge on any atom is 0.0899 e. The van der Waals surface area contributed by atoms with Gasteiger partial charge in [-0.15, -0.1) is 0 Å². The van der Waals surface area contributed by atoms with Crippen LogP contribution in [-0.4, -0.2) is 41.2 Å². The van der Waals surface area contributed by atoms with Crippen LogP contribution in [0.25, 0.3) is 0 Å². The number of morpholine rings is 1. The quantitative estimate of drug-likeness (QED) is 0.694. The maximum absolute atomic E-state index is 5.74. The Balaban J connectivity index is 2.06. The Morgan fingerprint density at radius 1 is 1.57 bits per heavy atom. The minimum atomic E-state index is 0.222. The second-order valence-electron chi connectivity index (χ2n) is 4.22.